The van der Waals surface area contributed by atoms with Gasteiger partial charge in [0.2, 0.25) is 0 Å². The molecule has 7 aromatic carbocycles. The Labute approximate surface area is 355 Å². The van der Waals surface area contributed by atoms with Crippen LogP contribution in [0.4, 0.5) is 8.78 Å². The van der Waals surface area contributed by atoms with E-state index in [-0.39, 0.29) is 28.5 Å². The molecule has 0 amide bonds. The van der Waals surface area contributed by atoms with E-state index in [4.69, 9.17) is 4.74 Å². The third-order valence-electron chi connectivity index (χ3n) is 9.25. The molecule has 9 rings (SSSR count). The molecule has 10 heteroatoms. The summed E-state index contributed by atoms with van der Waals surface area (Å²) >= 11 is 0. The molecule has 2 heterocycles. The summed E-state index contributed by atoms with van der Waals surface area (Å²) in [5, 5.41) is 15.5. The Balaban J connectivity index is 0.000000221. The van der Waals surface area contributed by atoms with Crippen LogP contribution in [0.1, 0.15) is 0 Å². The second-order valence-corrected chi connectivity index (χ2v) is 18.0. The average Bonchev–Trinajstić information content (AvgIpc) is 3.78. The normalized spacial score (nSPS) is 10.7. The molecule has 0 aliphatic heterocycles. The molecule has 0 aliphatic carbocycles. The summed E-state index contributed by atoms with van der Waals surface area (Å²) in [6, 6.07) is 69.0. The van der Waals surface area contributed by atoms with Crippen LogP contribution in [-0.2, 0) is 17.1 Å². The summed E-state index contributed by atoms with van der Waals surface area (Å²) in [4.78, 5) is 8.19. The Morgan fingerprint density at radius 3 is 1.29 bits per heavy atom. The predicted molar refractivity (Wildman–Crippen MR) is 237 cm³/mol. The first-order chi connectivity index (χ1) is 28.6. The topological polar surface area (TPSA) is 62.0 Å². The Hall–Kier alpha value is -6.13. The number of hydrogen-bond donors (Lipinski definition) is 0. The van der Waals surface area contributed by atoms with Gasteiger partial charge < -0.3 is 14.8 Å². The zero-order valence-electron chi connectivity index (χ0n) is 31.5. The Kier molecular flexibility index (Phi) is 13.9. The van der Waals surface area contributed by atoms with Crippen molar-refractivity contribution in [2.75, 3.05) is 0 Å². The number of ether oxygens (including phenoxy) is 1. The maximum absolute atomic E-state index is 13.1. The smallest absolute Gasteiger partial charge is 0.449 e. The van der Waals surface area contributed by atoms with E-state index in [1.54, 1.807) is 24.4 Å². The largest absolute Gasteiger partial charge is 1.00 e. The first-order valence-corrected chi connectivity index (χ1v) is 21.7. The SMILES string of the molecule is Fc1cc(F)cc(-c2n[n-]c(-c3ccccn3)n2)c1.[Cu+].c1ccc([PH+](c2ccccc2)c2ccccc2Oc2ccccc2[PH+](c2ccccc2)c2ccccc2)cc1. The zero-order valence-corrected chi connectivity index (χ0v) is 34.4. The minimum atomic E-state index is -1.28. The fraction of sp³-hybridized carbons (Fsp3) is 0. The fourth-order valence-electron chi connectivity index (χ4n) is 6.67. The molecule has 0 unspecified atom stereocenters. The van der Waals surface area contributed by atoms with Gasteiger partial charge in [-0.2, -0.15) is 0 Å². The van der Waals surface area contributed by atoms with Gasteiger partial charge in [0.25, 0.3) is 0 Å². The summed E-state index contributed by atoms with van der Waals surface area (Å²) in [5.41, 5.74) is 0.797. The van der Waals surface area contributed by atoms with Gasteiger partial charge in [-0.3, -0.25) is 10.1 Å². The van der Waals surface area contributed by atoms with Crippen molar-refractivity contribution in [3.8, 4) is 34.4 Å². The Morgan fingerprint density at radius 1 is 0.458 bits per heavy atom. The van der Waals surface area contributed by atoms with Crippen molar-refractivity contribution in [1.29, 1.82) is 0 Å². The molecule has 0 bridgehead atoms. The van der Waals surface area contributed by atoms with E-state index in [9.17, 15) is 8.78 Å². The minimum absolute atomic E-state index is 0. The van der Waals surface area contributed by atoms with Crippen molar-refractivity contribution in [1.82, 2.24) is 20.2 Å². The molecule has 0 saturated carbocycles. The van der Waals surface area contributed by atoms with Gasteiger partial charge in [0, 0.05) is 17.8 Å². The monoisotopic (exact) mass is 860 g/mol. The number of para-hydroxylation sites is 2. The number of hydrogen-bond acceptors (Lipinski definition) is 4. The standard InChI is InChI=1S/C36H28OP2.C13H7F2N4.Cu/c1-5-17-29(18-6-1)38(30-19-7-2-8-20-30)35-27-15-13-25-33(35)37-34-26-14-16-28-36(34)39(31-21-9-3-10-22-31)32-23-11-4-12-24-32;14-9-5-8(6-10(15)7-9)12-17-13(19-18-12)11-3-1-2-4-16-11;/h1-28H;1-7H;/q;-1;+1/p+2. The molecule has 0 radical (unpaired) electrons. The van der Waals surface area contributed by atoms with Crippen molar-refractivity contribution in [2.24, 2.45) is 0 Å². The Morgan fingerprint density at radius 2 is 0.864 bits per heavy atom. The quantitative estimate of drug-likeness (QED) is 0.102. The van der Waals surface area contributed by atoms with Crippen molar-refractivity contribution in [3.05, 3.63) is 224 Å². The maximum Gasteiger partial charge on any atom is 1.00 e. The first-order valence-electron chi connectivity index (χ1n) is 18.7. The number of nitrogens with zero attached hydrogens (tertiary/aromatic N) is 4. The van der Waals surface area contributed by atoms with Gasteiger partial charge in [-0.05, 0) is 103 Å². The Bertz CT molecular complexity index is 2470. The van der Waals surface area contributed by atoms with E-state index in [2.05, 4.69) is 190 Å². The molecule has 0 aliphatic rings. The molecule has 0 N–H and O–H groups in total. The van der Waals surface area contributed by atoms with E-state index in [0.29, 0.717) is 11.5 Å². The van der Waals surface area contributed by atoms with Crippen molar-refractivity contribution < 1.29 is 30.6 Å². The summed E-state index contributed by atoms with van der Waals surface area (Å²) in [5.74, 6) is 0.973. The predicted octanol–water partition coefficient (Wildman–Crippen LogP) is 8.90. The molecule has 0 saturated heterocycles. The van der Waals surface area contributed by atoms with Gasteiger partial charge in [0.15, 0.2) is 11.5 Å². The van der Waals surface area contributed by atoms with E-state index < -0.39 is 27.5 Å². The van der Waals surface area contributed by atoms with E-state index in [1.165, 1.54) is 31.8 Å². The minimum Gasteiger partial charge on any atom is -0.449 e. The van der Waals surface area contributed by atoms with Crippen LogP contribution in [0.15, 0.2) is 212 Å². The molecule has 59 heavy (non-hydrogen) atoms. The molecule has 0 atom stereocenters. The fourth-order valence-corrected chi connectivity index (χ4v) is 12.0. The first kappa shape index (κ1) is 41.0. The third kappa shape index (κ3) is 10.1. The second-order valence-electron chi connectivity index (χ2n) is 13.1. The van der Waals surface area contributed by atoms with Crippen LogP contribution in [0.5, 0.6) is 11.5 Å². The molecule has 0 spiro atoms. The average molecular weight is 861 g/mol. The van der Waals surface area contributed by atoms with Crippen molar-refractivity contribution in [3.63, 3.8) is 0 Å². The van der Waals surface area contributed by atoms with Crippen LogP contribution in [0, 0.1) is 11.6 Å². The van der Waals surface area contributed by atoms with Gasteiger partial charge in [-0.1, -0.05) is 103 Å². The number of benzene rings is 7. The molecule has 292 valence electrons. The van der Waals surface area contributed by atoms with Crippen LogP contribution >= 0.6 is 15.8 Å². The third-order valence-corrected chi connectivity index (χ3v) is 14.8. The maximum atomic E-state index is 13.1. The van der Waals surface area contributed by atoms with Gasteiger partial charge in [0.05, 0.1) is 11.5 Å². The summed E-state index contributed by atoms with van der Waals surface area (Å²) in [6.07, 6.45) is 1.60. The van der Waals surface area contributed by atoms with Crippen molar-refractivity contribution >= 4 is 47.7 Å². The number of halogens is 2. The van der Waals surface area contributed by atoms with Crippen LogP contribution in [0.25, 0.3) is 22.9 Å². The van der Waals surface area contributed by atoms with Gasteiger partial charge >= 0.3 is 17.1 Å². The molecule has 0 fully saturated rings. The molecule has 2 aromatic heterocycles. The van der Waals surface area contributed by atoms with Gasteiger partial charge in [-0.25, -0.2) is 8.78 Å². The van der Waals surface area contributed by atoms with Crippen LogP contribution in [0.3, 0.4) is 0 Å². The number of aromatic nitrogens is 4. The van der Waals surface area contributed by atoms with E-state index in [1.807, 2.05) is 0 Å². The summed E-state index contributed by atoms with van der Waals surface area (Å²) in [6.45, 7) is 0. The molecule has 5 nitrogen and oxygen atoms in total. The van der Waals surface area contributed by atoms with Crippen LogP contribution in [0.2, 0.25) is 0 Å². The number of rotatable bonds is 10. The van der Waals surface area contributed by atoms with Gasteiger partial charge in [0.1, 0.15) is 59.3 Å². The van der Waals surface area contributed by atoms with E-state index >= 15 is 0 Å². The summed E-state index contributed by atoms with van der Waals surface area (Å²) in [7, 11) is -2.56. The van der Waals surface area contributed by atoms with E-state index in [0.717, 1.165) is 29.7 Å². The van der Waals surface area contributed by atoms with Crippen LogP contribution in [-0.4, -0.2) is 15.1 Å². The van der Waals surface area contributed by atoms with Crippen molar-refractivity contribution in [2.45, 2.75) is 0 Å². The van der Waals surface area contributed by atoms with Gasteiger partial charge in [-0.15, -0.1) is 0 Å². The zero-order chi connectivity index (χ0) is 39.5. The molecular formula is C49H37CuF2N4OP2+2. The second kappa shape index (κ2) is 20.0. The summed E-state index contributed by atoms with van der Waals surface area (Å²) < 4.78 is 33.2. The van der Waals surface area contributed by atoms with Crippen LogP contribution < -0.4 is 41.7 Å². The molecule has 9 aromatic rings. The number of pyridine rings is 1. The molecular weight excluding hydrogens is 824 g/mol.